The molecule has 18 aliphatic heterocycles. The van der Waals surface area contributed by atoms with Crippen LogP contribution in [0.4, 0.5) is 101 Å². The molecule has 0 saturated carbocycles. The minimum Gasteiger partial charge on any atom is -0.394 e. The van der Waals surface area contributed by atoms with Gasteiger partial charge in [0.2, 0.25) is 0 Å². The Hall–Kier alpha value is -4.65. The predicted octanol–water partition coefficient (Wildman–Crippen LogP) is 22.1. The topological polar surface area (TPSA) is 97.8 Å². The van der Waals surface area contributed by atoms with Gasteiger partial charge in [-0.3, -0.25) is 0 Å². The largest absolute Gasteiger partial charge is 0.394 e. The summed E-state index contributed by atoms with van der Waals surface area (Å²) < 4.78 is 273. The van der Waals surface area contributed by atoms with E-state index >= 15 is 0 Å². The zero-order valence-corrected chi connectivity index (χ0v) is 58.7. The van der Waals surface area contributed by atoms with Gasteiger partial charge in [-0.05, 0) is 27.7 Å². The first-order valence-electron chi connectivity index (χ1n) is 28.2. The number of benzene rings is 2. The molecule has 0 atom stereocenters. The number of aliphatic hydroxyl groups excluding tert-OH is 2. The minimum atomic E-state index is -10.7. The molecule has 0 amide bonds. The van der Waals surface area contributed by atoms with Crippen LogP contribution in [0.5, 0.6) is 0 Å². The van der Waals surface area contributed by atoms with Crippen molar-refractivity contribution in [2.75, 3.05) is 71.8 Å². The fourth-order valence-electron chi connectivity index (χ4n) is 7.95. The molecule has 18 aliphatic rings. The Bertz CT molecular complexity index is 3410. The van der Waals surface area contributed by atoms with Crippen molar-refractivity contribution < 1.29 is 148 Å². The molecule has 2 aromatic carbocycles. The summed E-state index contributed by atoms with van der Waals surface area (Å²) in [7, 11) is -42.6. The van der Waals surface area contributed by atoms with Crippen LogP contribution in [0.1, 0.15) is 22.3 Å². The number of ether oxygens (including phenoxy) is 4. The second kappa shape index (κ2) is 31.6. The van der Waals surface area contributed by atoms with Gasteiger partial charge in [0.25, 0.3) is 0 Å². The van der Waals surface area contributed by atoms with E-state index in [9.17, 15) is 101 Å². The number of thioether (sulfide) groups is 5. The number of hydrogen-bond acceptors (Lipinski definition) is 11. The number of fused-ring (bicyclic) bond motifs is 1. The SMILES string of the molecule is F[P-](F)(F)(F)(F)F.F[P-](F)(F)(F)(F)F.F[P-](F)(F)(F)(F)F.F[P-](F)(F)(F)(F)F.OCCOCCOCCSC1=CSC(=C2Sc3cn(CCOCCOCCO)cc3S2)S1.c1cc2ccc1C[n+]1ccc(cc1)-c1cc[n+](cc1)Cc1ccc(cc1)C[n+]1ccc(cc1)-c1cc[n+](cc1)C2. The number of aromatic nitrogens is 5. The predicted molar refractivity (Wildman–Crippen MR) is 344 cm³/mol. The zero-order valence-electron chi connectivity index (χ0n) is 51.1. The van der Waals surface area contributed by atoms with Gasteiger partial charge < -0.3 is 33.7 Å². The average Bonchev–Trinajstić information content (AvgIpc) is 1.06. The Morgan fingerprint density at radius 2 is 0.610 bits per heavy atom. The van der Waals surface area contributed by atoms with Gasteiger partial charge >= 0.3 is 132 Å². The summed E-state index contributed by atoms with van der Waals surface area (Å²) in [6, 6.07) is 35.5. The third-order valence-corrected chi connectivity index (χ3v) is 18.5. The Labute approximate surface area is 575 Å². The summed E-state index contributed by atoms with van der Waals surface area (Å²) in [4.78, 5) is 2.62. The molecule has 0 unspecified atom stereocenters. The maximum absolute atomic E-state index is 10.7. The van der Waals surface area contributed by atoms with Crippen LogP contribution in [-0.4, -0.2) is 86.6 Å². The van der Waals surface area contributed by atoms with Crippen LogP contribution in [0.25, 0.3) is 22.3 Å². The number of aliphatic hydroxyl groups is 2. The molecule has 0 aliphatic carbocycles. The second-order valence-corrected chi connectivity index (χ2v) is 34.5. The van der Waals surface area contributed by atoms with Gasteiger partial charge in [0.05, 0.1) is 78.8 Å². The molecule has 100 heavy (non-hydrogen) atoms. The molecule has 25 rings (SSSR count). The van der Waals surface area contributed by atoms with Crippen LogP contribution >= 0.6 is 90.0 Å². The number of nitrogens with zero attached hydrogens (tertiary/aromatic N) is 5. The Kier molecular flexibility index (Phi) is 27.2. The molecule has 7 aromatic rings. The standard InChI is InChI=1S/C36H32N4.C20H29NO6S5.4F6P/c1-2-30-4-3-29(1)25-37-17-9-33(10-18-37)35-13-21-39(22-14-35)27-31-5-7-32(8-6-31)28-40-23-15-36(16-24-40)34-11-19-38(26-30)20-12-34;22-2-5-25-8-7-24-4-1-21-13-16-17(14-21)31-20(30-16)19-29-15-18(32-19)28-12-11-27-10-9-26-6-3-23;4*1-7(2,3,4,5)6/h1-24H,25-28H2;13-15,22-23H,1-12H2;;;;/q+4;;4*-1. The first kappa shape index (κ1) is 86.0. The summed E-state index contributed by atoms with van der Waals surface area (Å²) >= 11 is 9.18. The Morgan fingerprint density at radius 1 is 0.350 bits per heavy atom. The third-order valence-electron chi connectivity index (χ3n) is 11.8. The molecule has 2 N–H and O–H groups in total. The van der Waals surface area contributed by atoms with Crippen molar-refractivity contribution in [2.24, 2.45) is 0 Å². The summed E-state index contributed by atoms with van der Waals surface area (Å²) in [5.74, 6) is 0.920. The molecular formula is C56H61F24N5O6P4S5. The van der Waals surface area contributed by atoms with E-state index in [0.717, 1.165) is 38.5 Å². The van der Waals surface area contributed by atoms with Gasteiger partial charge in [-0.1, -0.05) is 95.6 Å². The van der Waals surface area contributed by atoms with E-state index in [1.54, 1.807) is 0 Å². The fraction of sp³-hybridized carbons (Fsp3) is 0.286. The summed E-state index contributed by atoms with van der Waals surface area (Å²) in [5, 5.41) is 19.5. The molecule has 0 saturated heterocycles. The van der Waals surface area contributed by atoms with Crippen LogP contribution in [0, 0.1) is 0 Å². The second-order valence-electron chi connectivity index (χ2n) is 20.9. The van der Waals surface area contributed by atoms with Crippen molar-refractivity contribution in [3.8, 4) is 22.3 Å². The number of pyridine rings is 4. The Morgan fingerprint density at radius 3 is 0.880 bits per heavy atom. The van der Waals surface area contributed by atoms with Crippen molar-refractivity contribution >= 4 is 90.0 Å². The number of rotatable bonds is 17. The maximum Gasteiger partial charge on any atom is 0.173 e. The maximum atomic E-state index is 9.87. The van der Waals surface area contributed by atoms with E-state index in [1.165, 1.54) is 67.0 Å². The number of halogens is 24. The molecule has 44 heteroatoms. The van der Waals surface area contributed by atoms with Gasteiger partial charge in [-0.2, -0.15) is 0 Å². The van der Waals surface area contributed by atoms with Crippen molar-refractivity contribution in [2.45, 2.75) is 42.5 Å². The molecule has 0 fully saturated rings. The molecule has 11 nitrogen and oxygen atoms in total. The monoisotopic (exact) mass is 1640 g/mol. The first-order chi connectivity index (χ1) is 45.3. The van der Waals surface area contributed by atoms with Gasteiger partial charge in [-0.25, -0.2) is 18.3 Å². The van der Waals surface area contributed by atoms with Gasteiger partial charge in [-0.15, -0.1) is 11.8 Å². The van der Waals surface area contributed by atoms with Crippen LogP contribution < -0.4 is 18.3 Å². The third kappa shape index (κ3) is 46.1. The van der Waals surface area contributed by atoms with Crippen molar-refractivity contribution in [3.05, 3.63) is 199 Å². The quantitative estimate of drug-likeness (QED) is 0.0395. The van der Waals surface area contributed by atoms with Crippen LogP contribution in [0.3, 0.4) is 0 Å². The van der Waals surface area contributed by atoms with E-state index in [4.69, 9.17) is 29.2 Å². The van der Waals surface area contributed by atoms with E-state index in [2.05, 4.69) is 187 Å². The van der Waals surface area contributed by atoms with Crippen LogP contribution in [0.15, 0.2) is 187 Å². The molecule has 5 aromatic heterocycles. The van der Waals surface area contributed by atoms with Crippen LogP contribution in [0.2, 0.25) is 0 Å². The van der Waals surface area contributed by atoms with E-state index in [1.807, 2.05) is 58.8 Å². The van der Waals surface area contributed by atoms with Crippen LogP contribution in [-0.2, 0) is 51.7 Å². The molecule has 0 radical (unpaired) electrons. The average molecular weight is 1640 g/mol. The van der Waals surface area contributed by atoms with E-state index < -0.39 is 31.2 Å². The molecule has 23 heterocycles. The minimum absolute atomic E-state index is 0.0497. The van der Waals surface area contributed by atoms with E-state index in [0.29, 0.717) is 52.9 Å². The molecular weight excluding hydrogens is 1580 g/mol. The molecule has 0 spiro atoms. The first-order valence-corrected chi connectivity index (χ1v) is 40.6. The smallest absolute Gasteiger partial charge is 0.173 e. The van der Waals surface area contributed by atoms with Gasteiger partial charge in [0.15, 0.2) is 75.8 Å². The summed E-state index contributed by atoms with van der Waals surface area (Å²) in [5.41, 5.74) is 10.1. The Balaban J connectivity index is 0.000000264. The molecule has 564 valence electrons. The molecule has 12 bridgehead atoms. The zero-order chi connectivity index (χ0) is 74.8. The van der Waals surface area contributed by atoms with Crippen molar-refractivity contribution in [1.29, 1.82) is 0 Å². The van der Waals surface area contributed by atoms with Gasteiger partial charge in [0, 0.05) is 105 Å². The number of hydrogen-bond donors (Lipinski definition) is 2. The van der Waals surface area contributed by atoms with Crippen molar-refractivity contribution in [1.82, 2.24) is 4.57 Å². The van der Waals surface area contributed by atoms with Crippen molar-refractivity contribution in [3.63, 3.8) is 0 Å². The van der Waals surface area contributed by atoms with Gasteiger partial charge in [0.1, 0.15) is 0 Å². The summed E-state index contributed by atoms with van der Waals surface area (Å²) in [6.07, 6.45) is 21.8. The normalized spacial score (nSPS) is 16.5. The van der Waals surface area contributed by atoms with E-state index in [-0.39, 0.29) is 13.2 Å². The summed E-state index contributed by atoms with van der Waals surface area (Å²) in [6.45, 7) is 8.58. The fourth-order valence-corrected chi connectivity index (χ4v) is 14.4.